The van der Waals surface area contributed by atoms with Crippen molar-refractivity contribution in [1.82, 2.24) is 15.1 Å². The zero-order valence-electron chi connectivity index (χ0n) is 15.3. The Kier molecular flexibility index (Phi) is 5.37. The van der Waals surface area contributed by atoms with Crippen LogP contribution in [0.1, 0.15) is 40.5 Å². The first kappa shape index (κ1) is 18.1. The highest BCUT2D eigenvalue weighted by atomic mass is 16.5. The average molecular weight is 356 g/mol. The lowest BCUT2D eigenvalue weighted by molar-refractivity contribution is -0.117. The summed E-state index contributed by atoms with van der Waals surface area (Å²) in [6.45, 7) is 2.25. The molecule has 1 saturated carbocycles. The van der Waals surface area contributed by atoms with Crippen molar-refractivity contribution in [2.45, 2.75) is 25.8 Å². The number of benzene rings is 1. The number of carbonyl (C=O) groups is 2. The Morgan fingerprint density at radius 3 is 2.73 bits per heavy atom. The molecule has 26 heavy (non-hydrogen) atoms. The smallest absolute Gasteiger partial charge is 0.251 e. The highest BCUT2D eigenvalue weighted by Gasteiger charge is 2.30. The maximum atomic E-state index is 12.7. The third-order valence-electron chi connectivity index (χ3n) is 4.56. The average Bonchev–Trinajstić information content (AvgIpc) is 3.38. The monoisotopic (exact) mass is 356 g/mol. The Morgan fingerprint density at radius 2 is 2.12 bits per heavy atom. The van der Waals surface area contributed by atoms with Gasteiger partial charge in [0, 0.05) is 37.5 Å². The van der Waals surface area contributed by atoms with Crippen LogP contribution in [0.25, 0.3) is 0 Å². The minimum absolute atomic E-state index is 0.0257. The second-order valence-corrected chi connectivity index (χ2v) is 6.65. The molecule has 1 aliphatic carbocycles. The molecule has 0 radical (unpaired) electrons. The fourth-order valence-corrected chi connectivity index (χ4v) is 2.81. The van der Waals surface area contributed by atoms with Gasteiger partial charge in [0.15, 0.2) is 0 Å². The van der Waals surface area contributed by atoms with Gasteiger partial charge in [-0.2, -0.15) is 5.10 Å². The van der Waals surface area contributed by atoms with Crippen molar-refractivity contribution < 1.29 is 14.3 Å². The van der Waals surface area contributed by atoms with Crippen LogP contribution >= 0.6 is 0 Å². The van der Waals surface area contributed by atoms with Crippen LogP contribution in [-0.2, 0) is 16.6 Å². The lowest BCUT2D eigenvalue weighted by atomic mass is 10.1. The van der Waals surface area contributed by atoms with Crippen LogP contribution in [-0.4, -0.2) is 35.3 Å². The molecule has 1 aromatic carbocycles. The molecule has 1 aliphatic rings. The van der Waals surface area contributed by atoms with E-state index in [0.717, 1.165) is 24.1 Å². The summed E-state index contributed by atoms with van der Waals surface area (Å²) in [6, 6.07) is 6.85. The van der Waals surface area contributed by atoms with E-state index in [9.17, 15) is 9.59 Å². The minimum atomic E-state index is -0.314. The molecule has 1 fully saturated rings. The maximum Gasteiger partial charge on any atom is 0.251 e. The third-order valence-corrected chi connectivity index (χ3v) is 4.56. The van der Waals surface area contributed by atoms with Gasteiger partial charge >= 0.3 is 0 Å². The molecule has 1 atom stereocenters. The van der Waals surface area contributed by atoms with Crippen molar-refractivity contribution in [3.8, 4) is 0 Å². The van der Waals surface area contributed by atoms with Crippen LogP contribution in [0.5, 0.6) is 0 Å². The molecular formula is C19H24N4O3. The third kappa shape index (κ3) is 4.11. The number of amides is 2. The Bertz CT molecular complexity index is 811. The zero-order valence-corrected chi connectivity index (χ0v) is 15.3. The lowest BCUT2D eigenvalue weighted by Gasteiger charge is -2.19. The predicted octanol–water partition coefficient (Wildman–Crippen LogP) is 2.19. The maximum absolute atomic E-state index is 12.7. The molecule has 0 spiro atoms. The highest BCUT2D eigenvalue weighted by molar-refractivity contribution is 5.99. The number of hydrogen-bond acceptors (Lipinski definition) is 4. The van der Waals surface area contributed by atoms with Gasteiger partial charge < -0.3 is 15.4 Å². The number of nitrogens with zero attached hydrogens (tertiary/aromatic N) is 2. The second kappa shape index (κ2) is 7.70. The second-order valence-electron chi connectivity index (χ2n) is 6.65. The van der Waals surface area contributed by atoms with E-state index in [1.54, 1.807) is 30.1 Å². The summed E-state index contributed by atoms with van der Waals surface area (Å²) in [5.74, 6) is -0.0872. The first-order valence-corrected chi connectivity index (χ1v) is 8.69. The summed E-state index contributed by atoms with van der Waals surface area (Å²) in [6.07, 6.45) is 3.56. The van der Waals surface area contributed by atoms with E-state index in [2.05, 4.69) is 15.7 Å². The van der Waals surface area contributed by atoms with Crippen molar-refractivity contribution in [2.75, 3.05) is 19.0 Å². The van der Waals surface area contributed by atoms with Gasteiger partial charge in [0.05, 0.1) is 18.3 Å². The Labute approximate surface area is 152 Å². The van der Waals surface area contributed by atoms with Crippen LogP contribution in [0.15, 0.2) is 30.5 Å². The quantitative estimate of drug-likeness (QED) is 0.796. The minimum Gasteiger partial charge on any atom is -0.382 e. The van der Waals surface area contributed by atoms with Crippen LogP contribution < -0.4 is 10.6 Å². The van der Waals surface area contributed by atoms with Crippen LogP contribution in [0.2, 0.25) is 0 Å². The number of methoxy groups -OCH3 is 1. The van der Waals surface area contributed by atoms with Gasteiger partial charge in [-0.3, -0.25) is 14.3 Å². The molecule has 2 amide bonds. The lowest BCUT2D eigenvalue weighted by Crippen LogP contribution is -2.32. The van der Waals surface area contributed by atoms with Gasteiger partial charge in [0.1, 0.15) is 0 Å². The van der Waals surface area contributed by atoms with Crippen LogP contribution in [0, 0.1) is 12.8 Å². The van der Waals surface area contributed by atoms with Gasteiger partial charge in [0.2, 0.25) is 5.91 Å². The topological polar surface area (TPSA) is 85.2 Å². The van der Waals surface area contributed by atoms with Gasteiger partial charge in [-0.1, -0.05) is 6.07 Å². The number of anilines is 1. The first-order chi connectivity index (χ1) is 12.5. The fraction of sp³-hybridized carbons (Fsp3) is 0.421. The van der Waals surface area contributed by atoms with E-state index in [0.29, 0.717) is 17.9 Å². The molecule has 0 saturated heterocycles. The number of carbonyl (C=O) groups excluding carboxylic acids is 2. The van der Waals surface area contributed by atoms with E-state index < -0.39 is 0 Å². The van der Waals surface area contributed by atoms with E-state index in [1.165, 1.54) is 0 Å². The summed E-state index contributed by atoms with van der Waals surface area (Å²) in [5, 5.41) is 10.0. The molecule has 1 aromatic heterocycles. The van der Waals surface area contributed by atoms with Crippen molar-refractivity contribution in [2.24, 2.45) is 13.0 Å². The van der Waals surface area contributed by atoms with E-state index in [1.807, 2.05) is 26.1 Å². The number of aromatic nitrogens is 2. The summed E-state index contributed by atoms with van der Waals surface area (Å²) in [4.78, 5) is 24.7. The highest BCUT2D eigenvalue weighted by Crippen LogP contribution is 2.31. The Hall–Kier alpha value is -2.67. The molecule has 2 aromatic rings. The van der Waals surface area contributed by atoms with E-state index >= 15 is 0 Å². The van der Waals surface area contributed by atoms with Gasteiger partial charge in [-0.05, 0) is 43.5 Å². The number of hydrogen-bond donors (Lipinski definition) is 2. The van der Waals surface area contributed by atoms with E-state index in [4.69, 9.17) is 4.74 Å². The van der Waals surface area contributed by atoms with Gasteiger partial charge in [-0.25, -0.2) is 0 Å². The SMILES string of the molecule is COC[C@H](NC(=O)c1ccc(C)c(NC(=O)C2CC2)c1)c1ccnn1C. The molecule has 7 nitrogen and oxygen atoms in total. The molecule has 7 heteroatoms. The largest absolute Gasteiger partial charge is 0.382 e. The summed E-state index contributed by atoms with van der Waals surface area (Å²) in [5.41, 5.74) is 2.95. The molecule has 0 bridgehead atoms. The predicted molar refractivity (Wildman–Crippen MR) is 97.8 cm³/mol. The standard InChI is InChI=1S/C19H24N4O3/c1-12-4-5-14(10-15(12)21-18(24)13-6-7-13)19(25)22-16(11-26-3)17-8-9-20-23(17)2/h4-5,8-10,13,16H,6-7,11H2,1-3H3,(H,21,24)(H,22,25)/t16-/m0/s1. The molecule has 3 rings (SSSR count). The summed E-state index contributed by atoms with van der Waals surface area (Å²) >= 11 is 0. The first-order valence-electron chi connectivity index (χ1n) is 8.69. The zero-order chi connectivity index (χ0) is 18.7. The van der Waals surface area contributed by atoms with Gasteiger partial charge in [-0.15, -0.1) is 0 Å². The molecule has 138 valence electrons. The van der Waals surface area contributed by atoms with Crippen molar-refractivity contribution in [1.29, 1.82) is 0 Å². The normalized spacial score (nSPS) is 14.7. The number of ether oxygens (including phenoxy) is 1. The van der Waals surface area contributed by atoms with Crippen LogP contribution in [0.3, 0.4) is 0 Å². The number of aryl methyl sites for hydroxylation is 2. The summed E-state index contributed by atoms with van der Waals surface area (Å²) in [7, 11) is 3.41. The Balaban J connectivity index is 1.75. The summed E-state index contributed by atoms with van der Waals surface area (Å²) < 4.78 is 6.94. The van der Waals surface area contributed by atoms with Crippen molar-refractivity contribution in [3.05, 3.63) is 47.3 Å². The van der Waals surface area contributed by atoms with Crippen molar-refractivity contribution in [3.63, 3.8) is 0 Å². The fourth-order valence-electron chi connectivity index (χ4n) is 2.81. The molecule has 0 unspecified atom stereocenters. The van der Waals surface area contributed by atoms with Crippen molar-refractivity contribution >= 4 is 17.5 Å². The molecule has 1 heterocycles. The number of rotatable bonds is 7. The molecule has 2 N–H and O–H groups in total. The number of nitrogens with one attached hydrogen (secondary N) is 2. The van der Waals surface area contributed by atoms with E-state index in [-0.39, 0.29) is 23.8 Å². The Morgan fingerprint density at radius 1 is 1.35 bits per heavy atom. The molecular weight excluding hydrogens is 332 g/mol. The van der Waals surface area contributed by atoms with Gasteiger partial charge in [0.25, 0.3) is 5.91 Å². The van der Waals surface area contributed by atoms with Crippen LogP contribution in [0.4, 0.5) is 5.69 Å². The molecule has 0 aliphatic heterocycles.